The number of amides is 1. The molecule has 4 aliphatic rings. The molecule has 0 radical (unpaired) electrons. The quantitative estimate of drug-likeness (QED) is 0.802. The van der Waals surface area contributed by atoms with Crippen LogP contribution in [0.4, 0.5) is 0 Å². The van der Waals surface area contributed by atoms with Crippen LogP contribution in [-0.2, 0) is 4.79 Å². The van der Waals surface area contributed by atoms with Gasteiger partial charge in [0.25, 0.3) is 0 Å². The van der Waals surface area contributed by atoms with E-state index in [1.54, 1.807) is 0 Å². The number of rotatable bonds is 3. The molecule has 5 rings (SSSR count). The number of hydrogen-bond donors (Lipinski definition) is 0. The minimum atomic E-state index is -0.147. The molecule has 0 aromatic heterocycles. The van der Waals surface area contributed by atoms with Crippen LogP contribution < -0.4 is 0 Å². The third kappa shape index (κ3) is 2.03. The smallest absolute Gasteiger partial charge is 0.243 e. The normalized spacial score (nSPS) is 35.3. The molecule has 4 saturated heterocycles. The van der Waals surface area contributed by atoms with Gasteiger partial charge in [0.15, 0.2) is 0 Å². The van der Waals surface area contributed by atoms with Crippen molar-refractivity contribution in [3.05, 3.63) is 30.3 Å². The Balaban J connectivity index is 1.52. The molecule has 1 aromatic carbocycles. The summed E-state index contributed by atoms with van der Waals surface area (Å²) in [4.78, 5) is 18.6. The molecule has 1 aromatic rings. The molecule has 0 saturated carbocycles. The van der Waals surface area contributed by atoms with Crippen LogP contribution in [0.15, 0.2) is 35.2 Å². The van der Waals surface area contributed by atoms with E-state index in [1.165, 1.54) is 11.3 Å². The van der Waals surface area contributed by atoms with Crippen LogP contribution in [0.2, 0.25) is 0 Å². The molecular formula is C17H22N2OS. The summed E-state index contributed by atoms with van der Waals surface area (Å²) in [5.41, 5.74) is -0.147. The second kappa shape index (κ2) is 5.03. The van der Waals surface area contributed by atoms with Crippen molar-refractivity contribution >= 4 is 17.7 Å². The maximum Gasteiger partial charge on any atom is 0.243 e. The zero-order valence-electron chi connectivity index (χ0n) is 12.5. The molecule has 2 bridgehead atoms. The van der Waals surface area contributed by atoms with Crippen molar-refractivity contribution < 1.29 is 4.79 Å². The molecule has 1 spiro atoms. The molecule has 4 heteroatoms. The largest absolute Gasteiger partial charge is 0.340 e. The highest BCUT2D eigenvalue weighted by atomic mass is 32.2. The predicted octanol–water partition coefficient (Wildman–Crippen LogP) is 2.47. The summed E-state index contributed by atoms with van der Waals surface area (Å²) in [6, 6.07) is 11.0. The van der Waals surface area contributed by atoms with Crippen LogP contribution in [0.25, 0.3) is 0 Å². The summed E-state index contributed by atoms with van der Waals surface area (Å²) in [6.07, 6.45) is 3.32. The fourth-order valence-electron chi connectivity index (χ4n) is 4.51. The Morgan fingerprint density at radius 2 is 2.14 bits per heavy atom. The van der Waals surface area contributed by atoms with E-state index in [-0.39, 0.29) is 5.54 Å². The van der Waals surface area contributed by atoms with Gasteiger partial charge >= 0.3 is 0 Å². The van der Waals surface area contributed by atoms with Crippen LogP contribution in [-0.4, -0.2) is 53.2 Å². The van der Waals surface area contributed by atoms with Crippen molar-refractivity contribution in [3.63, 3.8) is 0 Å². The predicted molar refractivity (Wildman–Crippen MR) is 85.4 cm³/mol. The van der Waals surface area contributed by atoms with Crippen LogP contribution in [0.1, 0.15) is 19.3 Å². The summed E-state index contributed by atoms with van der Waals surface area (Å²) >= 11 is 1.94. The Morgan fingerprint density at radius 1 is 1.33 bits per heavy atom. The number of piperidine rings is 2. The van der Waals surface area contributed by atoms with E-state index in [0.717, 1.165) is 31.7 Å². The molecule has 4 aliphatic heterocycles. The van der Waals surface area contributed by atoms with Gasteiger partial charge in [-0.25, -0.2) is 0 Å². The summed E-state index contributed by atoms with van der Waals surface area (Å²) in [7, 11) is 2.02. The maximum atomic E-state index is 12.7. The minimum absolute atomic E-state index is 0.147. The lowest BCUT2D eigenvalue weighted by Gasteiger charge is -2.57. The number of nitrogens with zero attached hydrogens (tertiary/aromatic N) is 2. The lowest BCUT2D eigenvalue weighted by molar-refractivity contribution is -0.165. The molecule has 21 heavy (non-hydrogen) atoms. The second-order valence-electron chi connectivity index (χ2n) is 6.65. The van der Waals surface area contributed by atoms with Gasteiger partial charge in [0, 0.05) is 30.3 Å². The Morgan fingerprint density at radius 3 is 2.95 bits per heavy atom. The summed E-state index contributed by atoms with van der Waals surface area (Å²) < 4.78 is 0. The minimum Gasteiger partial charge on any atom is -0.340 e. The number of likely N-dealkylation sites (N-methyl/N-ethyl adjacent to an activating group) is 1. The van der Waals surface area contributed by atoms with Gasteiger partial charge in [-0.1, -0.05) is 18.2 Å². The molecule has 3 atom stereocenters. The van der Waals surface area contributed by atoms with Crippen LogP contribution >= 0.6 is 11.8 Å². The Hall–Kier alpha value is -1.00. The first kappa shape index (κ1) is 13.6. The third-order valence-electron chi connectivity index (χ3n) is 5.60. The van der Waals surface area contributed by atoms with Crippen molar-refractivity contribution in [1.29, 1.82) is 0 Å². The van der Waals surface area contributed by atoms with E-state index >= 15 is 0 Å². The van der Waals surface area contributed by atoms with Crippen LogP contribution in [0, 0.1) is 5.92 Å². The van der Waals surface area contributed by atoms with Gasteiger partial charge in [-0.2, -0.15) is 0 Å². The molecular weight excluding hydrogens is 280 g/mol. The number of carbonyl (C=O) groups excluding carboxylic acids is 1. The zero-order valence-corrected chi connectivity index (χ0v) is 13.3. The van der Waals surface area contributed by atoms with Crippen LogP contribution in [0.3, 0.4) is 0 Å². The highest BCUT2D eigenvalue weighted by Crippen LogP contribution is 2.48. The Labute approximate surface area is 130 Å². The zero-order chi connectivity index (χ0) is 14.4. The lowest BCUT2D eigenvalue weighted by Crippen LogP contribution is -2.73. The van der Waals surface area contributed by atoms with Gasteiger partial charge in [0.05, 0.1) is 0 Å². The van der Waals surface area contributed by atoms with E-state index in [0.29, 0.717) is 17.9 Å². The van der Waals surface area contributed by atoms with Gasteiger partial charge in [-0.15, -0.1) is 11.8 Å². The topological polar surface area (TPSA) is 23.6 Å². The average Bonchev–Trinajstić information content (AvgIpc) is 2.94. The third-order valence-corrected chi connectivity index (χ3v) is 6.80. The molecule has 0 aliphatic carbocycles. The van der Waals surface area contributed by atoms with E-state index in [9.17, 15) is 4.79 Å². The molecule has 1 amide bonds. The van der Waals surface area contributed by atoms with Crippen molar-refractivity contribution in [1.82, 2.24) is 9.80 Å². The van der Waals surface area contributed by atoms with Crippen molar-refractivity contribution in [2.45, 2.75) is 35.7 Å². The number of hydrogen-bond acceptors (Lipinski definition) is 3. The first-order valence-corrected chi connectivity index (χ1v) is 8.89. The first-order chi connectivity index (χ1) is 10.2. The van der Waals surface area contributed by atoms with E-state index in [1.807, 2.05) is 18.8 Å². The standard InChI is InChI=1S/C17H22N2OS/c1-18-15-11-19-9-5-8-17(19,16(18)20)10-13(15)12-21-14-6-3-2-4-7-14/h2-4,6-7,13,15H,5,8-12H2,1H3/t13-,15+,17-/m1/s1. The Bertz CT molecular complexity index is 549. The summed E-state index contributed by atoms with van der Waals surface area (Å²) in [5, 5.41) is 0. The highest BCUT2D eigenvalue weighted by Gasteiger charge is 2.60. The maximum absolute atomic E-state index is 12.7. The van der Waals surface area contributed by atoms with Crippen LogP contribution in [0.5, 0.6) is 0 Å². The van der Waals surface area contributed by atoms with Crippen molar-refractivity contribution in [2.24, 2.45) is 5.92 Å². The molecule has 4 heterocycles. The first-order valence-electron chi connectivity index (χ1n) is 7.91. The number of thioether (sulfide) groups is 1. The highest BCUT2D eigenvalue weighted by molar-refractivity contribution is 7.99. The summed E-state index contributed by atoms with van der Waals surface area (Å²) in [5.74, 6) is 2.14. The van der Waals surface area contributed by atoms with E-state index in [4.69, 9.17) is 0 Å². The van der Waals surface area contributed by atoms with Gasteiger partial charge < -0.3 is 4.90 Å². The molecule has 3 nitrogen and oxygen atoms in total. The van der Waals surface area contributed by atoms with E-state index < -0.39 is 0 Å². The van der Waals surface area contributed by atoms with Crippen molar-refractivity contribution in [2.75, 3.05) is 25.9 Å². The fourth-order valence-corrected chi connectivity index (χ4v) is 5.61. The fraction of sp³-hybridized carbons (Fsp3) is 0.588. The van der Waals surface area contributed by atoms with Gasteiger partial charge in [0.2, 0.25) is 5.91 Å². The van der Waals surface area contributed by atoms with E-state index in [2.05, 4.69) is 40.1 Å². The van der Waals surface area contributed by atoms with Gasteiger partial charge in [-0.05, 0) is 43.9 Å². The van der Waals surface area contributed by atoms with Gasteiger partial charge in [0.1, 0.15) is 5.54 Å². The number of piperazine rings is 1. The number of fused-ring (bicyclic) bond motifs is 2. The molecule has 4 fully saturated rings. The second-order valence-corrected chi connectivity index (χ2v) is 7.75. The molecule has 0 unspecified atom stereocenters. The summed E-state index contributed by atoms with van der Waals surface area (Å²) in [6.45, 7) is 2.21. The Kier molecular flexibility index (Phi) is 3.27. The van der Waals surface area contributed by atoms with Crippen molar-refractivity contribution in [3.8, 4) is 0 Å². The van der Waals surface area contributed by atoms with Gasteiger partial charge in [-0.3, -0.25) is 9.69 Å². The SMILES string of the molecule is CN1C(=O)[C@]23CCCN2C[C@H]1[C@@H](CSc1ccccc1)C3. The number of carbonyl (C=O) groups is 1. The average molecular weight is 302 g/mol. The number of benzene rings is 1. The molecule has 112 valence electrons. The lowest BCUT2D eigenvalue weighted by atomic mass is 9.73. The monoisotopic (exact) mass is 302 g/mol. The molecule has 0 N–H and O–H groups in total.